The van der Waals surface area contributed by atoms with Gasteiger partial charge in [0.1, 0.15) is 5.65 Å². The fraction of sp³-hybridized carbons (Fsp3) is 0.455. The SMILES string of the molecule is C[C@H](N)CCC(C)(O)c1cc(Cl)c(F)c(-c2cc3cn(C(C)(C)C)c(=O)nc3[nH]2)c1. The zero-order valence-electron chi connectivity index (χ0n) is 17.9. The smallest absolute Gasteiger partial charge is 0.350 e. The van der Waals surface area contributed by atoms with Gasteiger partial charge in [-0.05, 0) is 71.2 Å². The molecule has 0 amide bonds. The molecule has 0 aliphatic carbocycles. The predicted molar refractivity (Wildman–Crippen MR) is 118 cm³/mol. The maximum atomic E-state index is 14.9. The summed E-state index contributed by atoms with van der Waals surface area (Å²) >= 11 is 6.15. The second kappa shape index (κ2) is 7.80. The van der Waals surface area contributed by atoms with Gasteiger partial charge in [0.15, 0.2) is 5.82 Å². The highest BCUT2D eigenvalue weighted by Gasteiger charge is 2.27. The Bertz CT molecular complexity index is 1140. The summed E-state index contributed by atoms with van der Waals surface area (Å²) in [5.74, 6) is -0.610. The molecule has 0 aliphatic heterocycles. The third kappa shape index (κ3) is 4.43. The van der Waals surface area contributed by atoms with Crippen LogP contribution in [0.3, 0.4) is 0 Å². The van der Waals surface area contributed by atoms with Crippen LogP contribution in [0.5, 0.6) is 0 Å². The first-order valence-electron chi connectivity index (χ1n) is 9.90. The van der Waals surface area contributed by atoms with Crippen LogP contribution in [-0.4, -0.2) is 25.7 Å². The van der Waals surface area contributed by atoms with Crippen molar-refractivity contribution in [2.45, 2.75) is 64.6 Å². The van der Waals surface area contributed by atoms with Gasteiger partial charge < -0.3 is 15.8 Å². The first-order valence-corrected chi connectivity index (χ1v) is 10.3. The fourth-order valence-corrected chi connectivity index (χ4v) is 3.59. The zero-order valence-corrected chi connectivity index (χ0v) is 18.6. The zero-order chi connectivity index (χ0) is 22.4. The summed E-state index contributed by atoms with van der Waals surface area (Å²) in [7, 11) is 0. The van der Waals surface area contributed by atoms with Crippen molar-refractivity contribution in [3.8, 4) is 11.3 Å². The molecule has 2 atom stereocenters. The van der Waals surface area contributed by atoms with Crippen LogP contribution < -0.4 is 11.4 Å². The minimum absolute atomic E-state index is 0.0672. The van der Waals surface area contributed by atoms with Crippen molar-refractivity contribution >= 4 is 22.6 Å². The number of rotatable bonds is 5. The minimum Gasteiger partial charge on any atom is -0.385 e. The van der Waals surface area contributed by atoms with Gasteiger partial charge in [0.05, 0.1) is 16.3 Å². The van der Waals surface area contributed by atoms with Gasteiger partial charge in [-0.2, -0.15) is 4.98 Å². The van der Waals surface area contributed by atoms with Crippen LogP contribution in [0.2, 0.25) is 5.02 Å². The largest absolute Gasteiger partial charge is 0.385 e. The van der Waals surface area contributed by atoms with E-state index in [0.717, 1.165) is 0 Å². The van der Waals surface area contributed by atoms with Crippen LogP contribution >= 0.6 is 11.6 Å². The number of nitrogens with two attached hydrogens (primary N) is 1. The molecule has 6 nitrogen and oxygen atoms in total. The van der Waals surface area contributed by atoms with Crippen LogP contribution in [0, 0.1) is 5.82 Å². The average Bonchev–Trinajstić information content (AvgIpc) is 3.03. The highest BCUT2D eigenvalue weighted by molar-refractivity contribution is 6.31. The molecule has 0 aliphatic rings. The summed E-state index contributed by atoms with van der Waals surface area (Å²) in [5, 5.41) is 11.5. The van der Waals surface area contributed by atoms with Gasteiger partial charge in [-0.25, -0.2) is 9.18 Å². The first-order chi connectivity index (χ1) is 13.8. The van der Waals surface area contributed by atoms with E-state index in [1.165, 1.54) is 10.6 Å². The number of H-pyrrole nitrogens is 1. The molecule has 3 rings (SSSR count). The van der Waals surface area contributed by atoms with Gasteiger partial charge in [0, 0.05) is 28.7 Å². The number of aromatic nitrogens is 3. The second-order valence-electron chi connectivity index (χ2n) is 9.16. The Morgan fingerprint density at radius 1 is 1.30 bits per heavy atom. The second-order valence-corrected chi connectivity index (χ2v) is 9.57. The van der Waals surface area contributed by atoms with Crippen molar-refractivity contribution in [1.82, 2.24) is 14.5 Å². The molecule has 0 radical (unpaired) electrons. The first kappa shape index (κ1) is 22.5. The lowest BCUT2D eigenvalue weighted by Crippen LogP contribution is -2.34. The van der Waals surface area contributed by atoms with Gasteiger partial charge in [-0.15, -0.1) is 0 Å². The molecule has 3 aromatic rings. The standard InChI is InChI=1S/C22H28ClFN4O2/c1-12(25)6-7-22(5,30)14-9-15(18(24)16(23)10-14)17-8-13-11-28(21(2,3)4)20(29)27-19(13)26-17/h8-12,30H,6-7,25H2,1-5H3,(H,26,27,29)/t12-,22?/m0/s1. The molecule has 0 fully saturated rings. The Balaban J connectivity index is 2.12. The van der Waals surface area contributed by atoms with Gasteiger partial charge in [-0.1, -0.05) is 11.6 Å². The lowest BCUT2D eigenvalue weighted by atomic mass is 9.88. The molecular weight excluding hydrogens is 407 g/mol. The van der Waals surface area contributed by atoms with Crippen molar-refractivity contribution in [2.24, 2.45) is 5.73 Å². The Hall–Kier alpha value is -2.22. The van der Waals surface area contributed by atoms with Crippen molar-refractivity contribution in [3.05, 3.63) is 51.3 Å². The minimum atomic E-state index is -1.22. The molecule has 8 heteroatoms. The van der Waals surface area contributed by atoms with Gasteiger partial charge >= 0.3 is 5.69 Å². The van der Waals surface area contributed by atoms with Crippen LogP contribution in [0.25, 0.3) is 22.3 Å². The lowest BCUT2D eigenvalue weighted by Gasteiger charge is -2.26. The molecule has 0 saturated heterocycles. The third-order valence-electron chi connectivity index (χ3n) is 5.26. The van der Waals surface area contributed by atoms with Crippen molar-refractivity contribution in [1.29, 1.82) is 0 Å². The highest BCUT2D eigenvalue weighted by Crippen LogP contribution is 2.36. The molecule has 2 heterocycles. The van der Waals surface area contributed by atoms with E-state index >= 15 is 0 Å². The fourth-order valence-electron chi connectivity index (χ4n) is 3.37. The van der Waals surface area contributed by atoms with E-state index < -0.39 is 22.6 Å². The predicted octanol–water partition coefficient (Wildman–Crippen LogP) is 4.27. The molecule has 30 heavy (non-hydrogen) atoms. The quantitative estimate of drug-likeness (QED) is 0.558. The molecule has 0 bridgehead atoms. The van der Waals surface area contributed by atoms with Crippen LogP contribution in [0.4, 0.5) is 4.39 Å². The topological polar surface area (TPSA) is 96.9 Å². The number of benzene rings is 1. The van der Waals surface area contributed by atoms with Crippen LogP contribution in [0.15, 0.2) is 29.2 Å². The van der Waals surface area contributed by atoms with E-state index in [1.54, 1.807) is 25.3 Å². The van der Waals surface area contributed by atoms with Gasteiger partial charge in [-0.3, -0.25) is 4.57 Å². The maximum absolute atomic E-state index is 14.9. The normalized spacial score (nSPS) is 15.4. The summed E-state index contributed by atoms with van der Waals surface area (Å²) in [4.78, 5) is 19.4. The Morgan fingerprint density at radius 3 is 2.57 bits per heavy atom. The van der Waals surface area contributed by atoms with Crippen molar-refractivity contribution < 1.29 is 9.50 Å². The lowest BCUT2D eigenvalue weighted by molar-refractivity contribution is 0.0440. The number of fused-ring (bicyclic) bond motifs is 1. The molecule has 0 spiro atoms. The molecule has 4 N–H and O–H groups in total. The molecule has 0 saturated carbocycles. The monoisotopic (exact) mass is 434 g/mol. The number of nitrogens with zero attached hydrogens (tertiary/aromatic N) is 2. The van der Waals surface area contributed by atoms with E-state index in [2.05, 4.69) is 9.97 Å². The molecule has 162 valence electrons. The summed E-state index contributed by atoms with van der Waals surface area (Å²) in [5.41, 5.74) is 5.23. The van der Waals surface area contributed by atoms with E-state index in [9.17, 15) is 14.3 Å². The van der Waals surface area contributed by atoms with Crippen molar-refractivity contribution in [3.63, 3.8) is 0 Å². The Kier molecular flexibility index (Phi) is 5.84. The molecular formula is C22H28ClFN4O2. The number of hydrogen-bond donors (Lipinski definition) is 3. The molecule has 1 unspecified atom stereocenters. The summed E-state index contributed by atoms with van der Waals surface area (Å²) < 4.78 is 16.4. The van der Waals surface area contributed by atoms with Gasteiger partial charge in [0.2, 0.25) is 0 Å². The molecule has 1 aromatic carbocycles. The number of aliphatic hydroxyl groups is 1. The van der Waals surface area contributed by atoms with Crippen molar-refractivity contribution in [2.75, 3.05) is 0 Å². The maximum Gasteiger partial charge on any atom is 0.350 e. The van der Waals surface area contributed by atoms with E-state index in [1.807, 2.05) is 27.7 Å². The number of aromatic amines is 1. The van der Waals surface area contributed by atoms with Crippen LogP contribution in [0.1, 0.15) is 53.0 Å². The summed E-state index contributed by atoms with van der Waals surface area (Å²) in [6.45, 7) is 9.24. The molecule has 2 aromatic heterocycles. The summed E-state index contributed by atoms with van der Waals surface area (Å²) in [6, 6.07) is 4.66. The van der Waals surface area contributed by atoms with E-state index in [0.29, 0.717) is 35.1 Å². The third-order valence-corrected chi connectivity index (χ3v) is 5.53. The van der Waals surface area contributed by atoms with E-state index in [4.69, 9.17) is 17.3 Å². The summed E-state index contributed by atoms with van der Waals surface area (Å²) in [6.07, 6.45) is 2.71. The number of nitrogens with one attached hydrogen (secondary N) is 1. The Morgan fingerprint density at radius 2 is 1.97 bits per heavy atom. The number of halogens is 2. The average molecular weight is 435 g/mol. The van der Waals surface area contributed by atoms with Crippen LogP contribution in [-0.2, 0) is 11.1 Å². The van der Waals surface area contributed by atoms with Gasteiger partial charge in [0.25, 0.3) is 0 Å². The van der Waals surface area contributed by atoms with E-state index in [-0.39, 0.29) is 16.6 Å². The highest BCUT2D eigenvalue weighted by atomic mass is 35.5. The number of hydrogen-bond acceptors (Lipinski definition) is 4. The Labute approximate surface area is 179 Å².